The average Bonchev–Trinajstić information content (AvgIpc) is 3.02. The molecule has 1 aromatic heterocycles. The molecular formula is C14H20N2O2. The number of hydrogen-bond donors (Lipinski definition) is 1. The van der Waals surface area contributed by atoms with Crippen LogP contribution in [0.4, 0.5) is 0 Å². The van der Waals surface area contributed by atoms with Crippen molar-refractivity contribution in [3.8, 4) is 5.75 Å². The molecule has 0 aliphatic heterocycles. The number of aliphatic hydroxyl groups excluding tert-OH is 1. The van der Waals surface area contributed by atoms with Gasteiger partial charge in [0.25, 0.3) is 0 Å². The summed E-state index contributed by atoms with van der Waals surface area (Å²) < 4.78 is 5.82. The molecule has 1 aliphatic carbocycles. The summed E-state index contributed by atoms with van der Waals surface area (Å²) in [4.78, 5) is 8.41. The lowest BCUT2D eigenvalue weighted by atomic mass is 10.0. The van der Waals surface area contributed by atoms with E-state index in [0.717, 1.165) is 30.1 Å². The van der Waals surface area contributed by atoms with E-state index in [1.165, 1.54) is 0 Å². The maximum absolute atomic E-state index is 9.24. The van der Waals surface area contributed by atoms with Crippen LogP contribution in [0.15, 0.2) is 18.9 Å². The fraction of sp³-hybridized carbons (Fsp3) is 0.571. The average molecular weight is 248 g/mol. The van der Waals surface area contributed by atoms with E-state index in [9.17, 15) is 5.11 Å². The Kier molecular flexibility index (Phi) is 3.66. The van der Waals surface area contributed by atoms with Crippen LogP contribution in [0.1, 0.15) is 24.4 Å². The highest BCUT2D eigenvalue weighted by molar-refractivity contribution is 5.23. The van der Waals surface area contributed by atoms with Crippen LogP contribution < -0.4 is 4.74 Å². The van der Waals surface area contributed by atoms with E-state index < -0.39 is 0 Å². The number of aromatic nitrogens is 2. The molecule has 0 saturated heterocycles. The van der Waals surface area contributed by atoms with Crippen LogP contribution in [-0.4, -0.2) is 28.3 Å². The van der Waals surface area contributed by atoms with Gasteiger partial charge in [0, 0.05) is 12.0 Å². The maximum Gasteiger partial charge on any atom is 0.158 e. The molecule has 0 bridgehead atoms. The van der Waals surface area contributed by atoms with Gasteiger partial charge >= 0.3 is 0 Å². The minimum absolute atomic E-state index is 0.0633. The summed E-state index contributed by atoms with van der Waals surface area (Å²) in [6, 6.07) is 0. The van der Waals surface area contributed by atoms with Crippen molar-refractivity contribution in [1.29, 1.82) is 0 Å². The molecule has 4 heteroatoms. The standard InChI is InChI=1S/C14H20N2O2/c1-4-5-14(6-12(14)8-17)9-18-13-7-15-11(3)16-10(13)2/h4,7,12,17H,1,5-6,8-9H2,2-3H3/t12?,14-/m1/s1. The van der Waals surface area contributed by atoms with E-state index in [4.69, 9.17) is 4.74 Å². The van der Waals surface area contributed by atoms with Crippen molar-refractivity contribution < 1.29 is 9.84 Å². The Morgan fingerprint density at radius 3 is 2.94 bits per heavy atom. The van der Waals surface area contributed by atoms with Crippen molar-refractivity contribution in [1.82, 2.24) is 9.97 Å². The molecule has 1 fully saturated rings. The number of hydrogen-bond acceptors (Lipinski definition) is 4. The summed E-state index contributed by atoms with van der Waals surface area (Å²) in [5.41, 5.74) is 0.922. The first-order valence-corrected chi connectivity index (χ1v) is 6.26. The van der Waals surface area contributed by atoms with E-state index in [1.807, 2.05) is 19.9 Å². The van der Waals surface area contributed by atoms with Crippen LogP contribution in [0, 0.1) is 25.2 Å². The van der Waals surface area contributed by atoms with Gasteiger partial charge in [0.05, 0.1) is 18.5 Å². The first-order valence-electron chi connectivity index (χ1n) is 6.26. The highest BCUT2D eigenvalue weighted by atomic mass is 16.5. The topological polar surface area (TPSA) is 55.2 Å². The van der Waals surface area contributed by atoms with E-state index in [-0.39, 0.29) is 12.0 Å². The molecule has 2 rings (SSSR count). The Morgan fingerprint density at radius 1 is 1.61 bits per heavy atom. The maximum atomic E-state index is 9.24. The minimum atomic E-state index is 0.0633. The van der Waals surface area contributed by atoms with Crippen LogP contribution >= 0.6 is 0 Å². The first-order chi connectivity index (χ1) is 8.61. The van der Waals surface area contributed by atoms with Crippen molar-refractivity contribution in [3.05, 3.63) is 30.4 Å². The van der Waals surface area contributed by atoms with Crippen LogP contribution in [0.25, 0.3) is 0 Å². The zero-order chi connectivity index (χ0) is 13.2. The summed E-state index contributed by atoms with van der Waals surface area (Å²) in [6.07, 6.45) is 5.50. The predicted molar refractivity (Wildman–Crippen MR) is 69.4 cm³/mol. The molecule has 0 amide bonds. The number of allylic oxidation sites excluding steroid dienone is 1. The molecule has 0 spiro atoms. The fourth-order valence-corrected chi connectivity index (χ4v) is 2.40. The third kappa shape index (κ3) is 2.53. The van der Waals surface area contributed by atoms with Crippen molar-refractivity contribution in [2.24, 2.45) is 11.3 Å². The lowest BCUT2D eigenvalue weighted by Gasteiger charge is -2.16. The van der Waals surface area contributed by atoms with Crippen LogP contribution in [0.3, 0.4) is 0 Å². The monoisotopic (exact) mass is 248 g/mol. The summed E-state index contributed by atoms with van der Waals surface area (Å²) in [6.45, 7) is 8.37. The normalized spacial score (nSPS) is 25.8. The highest BCUT2D eigenvalue weighted by Crippen LogP contribution is 2.55. The predicted octanol–water partition coefficient (Wildman–Crippen LogP) is 2.05. The molecule has 18 heavy (non-hydrogen) atoms. The molecule has 1 aliphatic rings. The molecule has 0 radical (unpaired) electrons. The van der Waals surface area contributed by atoms with Crippen molar-refractivity contribution in [2.45, 2.75) is 26.7 Å². The Hall–Kier alpha value is -1.42. The number of aliphatic hydroxyl groups is 1. The van der Waals surface area contributed by atoms with Gasteiger partial charge in [-0.05, 0) is 32.6 Å². The van der Waals surface area contributed by atoms with Crippen molar-refractivity contribution in [3.63, 3.8) is 0 Å². The van der Waals surface area contributed by atoms with Gasteiger partial charge in [-0.25, -0.2) is 9.97 Å². The SMILES string of the molecule is C=CC[C@]1(COc2cnc(C)nc2C)CC1CO. The van der Waals surface area contributed by atoms with E-state index in [1.54, 1.807) is 6.20 Å². The second kappa shape index (κ2) is 5.06. The lowest BCUT2D eigenvalue weighted by Crippen LogP contribution is -2.17. The highest BCUT2D eigenvalue weighted by Gasteiger charge is 2.53. The van der Waals surface area contributed by atoms with Crippen molar-refractivity contribution in [2.75, 3.05) is 13.2 Å². The van der Waals surface area contributed by atoms with Crippen LogP contribution in [-0.2, 0) is 0 Å². The Balaban J connectivity index is 2.00. The molecule has 2 atom stereocenters. The summed E-state index contributed by atoms with van der Waals surface area (Å²) >= 11 is 0. The zero-order valence-corrected chi connectivity index (χ0v) is 11.0. The van der Waals surface area contributed by atoms with E-state index in [0.29, 0.717) is 12.5 Å². The van der Waals surface area contributed by atoms with Crippen LogP contribution in [0.2, 0.25) is 0 Å². The molecule has 1 unspecified atom stereocenters. The van der Waals surface area contributed by atoms with Gasteiger partial charge in [0.2, 0.25) is 0 Å². The fourth-order valence-electron chi connectivity index (χ4n) is 2.40. The van der Waals surface area contributed by atoms with Crippen molar-refractivity contribution >= 4 is 0 Å². The number of ether oxygens (including phenoxy) is 1. The molecular weight excluding hydrogens is 228 g/mol. The largest absolute Gasteiger partial charge is 0.489 e. The third-order valence-electron chi connectivity index (χ3n) is 3.70. The summed E-state index contributed by atoms with van der Waals surface area (Å²) in [7, 11) is 0. The van der Waals surface area contributed by atoms with Gasteiger partial charge in [-0.3, -0.25) is 0 Å². The molecule has 4 nitrogen and oxygen atoms in total. The van der Waals surface area contributed by atoms with Gasteiger partial charge in [-0.2, -0.15) is 0 Å². The van der Waals surface area contributed by atoms with Gasteiger partial charge < -0.3 is 9.84 Å². The van der Waals surface area contributed by atoms with Crippen LogP contribution in [0.5, 0.6) is 5.75 Å². The molecule has 1 saturated carbocycles. The number of aryl methyl sites for hydroxylation is 2. The van der Waals surface area contributed by atoms with E-state index in [2.05, 4.69) is 16.5 Å². The summed E-state index contributed by atoms with van der Waals surface area (Å²) in [5.74, 6) is 1.81. The number of rotatable bonds is 6. The van der Waals surface area contributed by atoms with Gasteiger partial charge in [0.15, 0.2) is 5.75 Å². The molecule has 98 valence electrons. The minimum Gasteiger partial charge on any atom is -0.489 e. The molecule has 0 aromatic carbocycles. The second-order valence-corrected chi connectivity index (χ2v) is 5.09. The lowest BCUT2D eigenvalue weighted by molar-refractivity contribution is 0.188. The number of nitrogens with zero attached hydrogens (tertiary/aromatic N) is 2. The Morgan fingerprint density at radius 2 is 2.39 bits per heavy atom. The molecule has 1 heterocycles. The van der Waals surface area contributed by atoms with Gasteiger partial charge in [0.1, 0.15) is 5.82 Å². The first kappa shape index (κ1) is 13.0. The van der Waals surface area contributed by atoms with Gasteiger partial charge in [-0.1, -0.05) is 6.08 Å². The second-order valence-electron chi connectivity index (χ2n) is 5.09. The smallest absolute Gasteiger partial charge is 0.158 e. The molecule has 1 N–H and O–H groups in total. The quantitative estimate of drug-likeness (QED) is 0.783. The Bertz CT molecular complexity index is 447. The third-order valence-corrected chi connectivity index (χ3v) is 3.70. The zero-order valence-electron chi connectivity index (χ0n) is 11.0. The Labute approximate surface area is 108 Å². The summed E-state index contributed by atoms with van der Waals surface area (Å²) in [5, 5.41) is 9.24. The van der Waals surface area contributed by atoms with E-state index >= 15 is 0 Å². The molecule has 1 aromatic rings. The van der Waals surface area contributed by atoms with Gasteiger partial charge in [-0.15, -0.1) is 6.58 Å².